The Morgan fingerprint density at radius 3 is 2.36 bits per heavy atom. The van der Waals surface area contributed by atoms with Crippen LogP contribution in [-0.4, -0.2) is 58.7 Å². The third kappa shape index (κ3) is 3.23. The normalized spacial score (nSPS) is 19.4. The van der Waals surface area contributed by atoms with Gasteiger partial charge in [0.25, 0.3) is 17.7 Å². The molecular weight excluding hydrogens is 366 g/mol. The Bertz CT molecular complexity index is 901. The first-order chi connectivity index (χ1) is 13.0. The average Bonchev–Trinajstić information content (AvgIpc) is 2.90. The number of benzene rings is 1. The fourth-order valence-electron chi connectivity index (χ4n) is 3.35. The van der Waals surface area contributed by atoms with Crippen molar-refractivity contribution in [2.75, 3.05) is 13.7 Å². The van der Waals surface area contributed by atoms with E-state index in [1.165, 1.54) is 25.3 Å². The lowest BCUT2D eigenvalue weighted by atomic mass is 10.0. The van der Waals surface area contributed by atoms with E-state index in [1.807, 2.05) is 0 Å². The fourth-order valence-corrected chi connectivity index (χ4v) is 3.35. The van der Waals surface area contributed by atoms with Gasteiger partial charge in [0, 0.05) is 17.5 Å². The van der Waals surface area contributed by atoms with E-state index in [2.05, 4.69) is 10.2 Å². The number of rotatable bonds is 2. The molecule has 1 saturated heterocycles. The van der Waals surface area contributed by atoms with Gasteiger partial charge in [-0.05, 0) is 39.0 Å². The molecule has 0 radical (unpaired) electrons. The van der Waals surface area contributed by atoms with Crippen molar-refractivity contribution in [1.29, 1.82) is 0 Å². The number of carbonyl (C=O) groups excluding carboxylic acids is 5. The van der Waals surface area contributed by atoms with Gasteiger partial charge in [0.2, 0.25) is 5.91 Å². The van der Waals surface area contributed by atoms with Crippen molar-refractivity contribution >= 4 is 29.6 Å². The lowest BCUT2D eigenvalue weighted by Gasteiger charge is -2.31. The van der Waals surface area contributed by atoms with Gasteiger partial charge >= 0.3 is 5.97 Å². The predicted molar refractivity (Wildman–Crippen MR) is 96.0 cm³/mol. The monoisotopic (exact) mass is 387 g/mol. The molecule has 9 nitrogen and oxygen atoms in total. The van der Waals surface area contributed by atoms with Crippen LogP contribution in [0.3, 0.4) is 0 Å². The topological polar surface area (TPSA) is 113 Å². The van der Waals surface area contributed by atoms with Gasteiger partial charge in [-0.15, -0.1) is 0 Å². The van der Waals surface area contributed by atoms with Crippen LogP contribution in [-0.2, 0) is 14.3 Å². The summed E-state index contributed by atoms with van der Waals surface area (Å²) in [4.78, 5) is 62.8. The highest BCUT2D eigenvalue weighted by atomic mass is 16.5. The second kappa shape index (κ2) is 6.74. The molecule has 0 aromatic heterocycles. The van der Waals surface area contributed by atoms with Gasteiger partial charge in [-0.3, -0.25) is 34.3 Å². The molecule has 2 heterocycles. The molecule has 4 amide bonds. The number of methoxy groups -OCH3 is 1. The van der Waals surface area contributed by atoms with Crippen LogP contribution in [0.1, 0.15) is 58.3 Å². The molecule has 2 aliphatic heterocycles. The Morgan fingerprint density at radius 1 is 1.11 bits per heavy atom. The number of nitrogens with one attached hydrogen (secondary N) is 1. The van der Waals surface area contributed by atoms with E-state index in [0.29, 0.717) is 0 Å². The maximum atomic E-state index is 12.8. The molecule has 2 aliphatic rings. The summed E-state index contributed by atoms with van der Waals surface area (Å²) in [6, 6.07) is 4.20. The summed E-state index contributed by atoms with van der Waals surface area (Å²) in [5.41, 5.74) is 2.21. The zero-order chi connectivity index (χ0) is 20.8. The van der Waals surface area contributed by atoms with Gasteiger partial charge < -0.3 is 4.74 Å². The molecule has 9 heteroatoms. The molecule has 0 saturated carbocycles. The highest BCUT2D eigenvalue weighted by molar-refractivity contribution is 6.22. The molecule has 3 rings (SSSR count). The van der Waals surface area contributed by atoms with Crippen LogP contribution in [0.15, 0.2) is 18.2 Å². The zero-order valence-electron chi connectivity index (χ0n) is 16.1. The van der Waals surface area contributed by atoms with E-state index < -0.39 is 41.1 Å². The zero-order valence-corrected chi connectivity index (χ0v) is 16.1. The highest BCUT2D eigenvalue weighted by Gasteiger charge is 2.42. The number of nitrogens with zero attached hydrogens (tertiary/aromatic N) is 2. The lowest BCUT2D eigenvalue weighted by molar-refractivity contribution is -0.151. The van der Waals surface area contributed by atoms with Crippen molar-refractivity contribution in [3.8, 4) is 0 Å². The Kier molecular flexibility index (Phi) is 4.70. The lowest BCUT2D eigenvalue weighted by Crippen LogP contribution is -2.54. The van der Waals surface area contributed by atoms with Crippen molar-refractivity contribution < 1.29 is 28.7 Å². The summed E-state index contributed by atoms with van der Waals surface area (Å²) in [6.07, 6.45) is -0.0752. The summed E-state index contributed by atoms with van der Waals surface area (Å²) in [6.45, 7) is 5.19. The number of fused-ring (bicyclic) bond motifs is 1. The van der Waals surface area contributed by atoms with Gasteiger partial charge in [0.15, 0.2) is 0 Å². The number of imide groups is 1. The number of hydrazine groups is 1. The van der Waals surface area contributed by atoms with Gasteiger partial charge in [-0.1, -0.05) is 0 Å². The van der Waals surface area contributed by atoms with E-state index in [1.54, 1.807) is 20.8 Å². The maximum Gasteiger partial charge on any atom is 0.311 e. The fraction of sp³-hybridized carbons (Fsp3) is 0.421. The van der Waals surface area contributed by atoms with Crippen LogP contribution in [0.2, 0.25) is 0 Å². The highest BCUT2D eigenvalue weighted by Crippen LogP contribution is 2.30. The molecule has 28 heavy (non-hydrogen) atoms. The first kappa shape index (κ1) is 19.5. The Morgan fingerprint density at radius 2 is 1.75 bits per heavy atom. The average molecular weight is 387 g/mol. The van der Waals surface area contributed by atoms with Gasteiger partial charge in [0.05, 0.1) is 30.7 Å². The van der Waals surface area contributed by atoms with Crippen molar-refractivity contribution in [3.05, 3.63) is 34.9 Å². The summed E-state index contributed by atoms with van der Waals surface area (Å²) < 4.78 is 4.66. The Balaban J connectivity index is 1.89. The molecule has 0 spiro atoms. The van der Waals surface area contributed by atoms with E-state index in [4.69, 9.17) is 0 Å². The van der Waals surface area contributed by atoms with Crippen molar-refractivity contribution in [2.24, 2.45) is 5.92 Å². The summed E-state index contributed by atoms with van der Waals surface area (Å²) in [7, 11) is 1.21. The number of ether oxygens (including phenoxy) is 1. The molecule has 1 atom stereocenters. The SMILES string of the molecule is COC(=O)C1CC(=O)NN(C(=O)c2ccc3c(c2)C(=O)N(C(C)(C)C)C3=O)C1. The van der Waals surface area contributed by atoms with E-state index in [9.17, 15) is 24.0 Å². The summed E-state index contributed by atoms with van der Waals surface area (Å²) >= 11 is 0. The Labute approximate surface area is 161 Å². The first-order valence-electron chi connectivity index (χ1n) is 8.76. The van der Waals surface area contributed by atoms with E-state index >= 15 is 0 Å². The molecule has 1 aromatic rings. The van der Waals surface area contributed by atoms with Crippen LogP contribution >= 0.6 is 0 Å². The molecule has 1 unspecified atom stereocenters. The third-order valence-corrected chi connectivity index (χ3v) is 4.68. The quantitative estimate of drug-likeness (QED) is 0.592. The maximum absolute atomic E-state index is 12.8. The largest absolute Gasteiger partial charge is 0.469 e. The summed E-state index contributed by atoms with van der Waals surface area (Å²) in [5, 5.41) is 1.03. The smallest absolute Gasteiger partial charge is 0.311 e. The minimum Gasteiger partial charge on any atom is -0.469 e. The minimum atomic E-state index is -0.767. The minimum absolute atomic E-state index is 0.0463. The van der Waals surface area contributed by atoms with Crippen LogP contribution in [0.5, 0.6) is 0 Å². The molecule has 1 N–H and O–H groups in total. The number of esters is 1. The molecule has 1 fully saturated rings. The standard InChI is InChI=1S/C19H21N3O6/c1-19(2,3)22-16(25)12-6-5-10(7-13(12)17(22)26)15(24)21-9-11(18(27)28-4)8-14(23)20-21/h5-7,11H,8-9H2,1-4H3,(H,20,23). The van der Waals surface area contributed by atoms with Crippen molar-refractivity contribution in [2.45, 2.75) is 32.7 Å². The molecule has 148 valence electrons. The van der Waals surface area contributed by atoms with E-state index in [0.717, 1.165) is 9.91 Å². The third-order valence-electron chi connectivity index (χ3n) is 4.68. The molecular formula is C19H21N3O6. The van der Waals surface area contributed by atoms with Crippen molar-refractivity contribution in [1.82, 2.24) is 15.3 Å². The van der Waals surface area contributed by atoms with Crippen LogP contribution in [0.25, 0.3) is 0 Å². The number of amides is 4. The van der Waals surface area contributed by atoms with Gasteiger partial charge in [-0.2, -0.15) is 0 Å². The van der Waals surface area contributed by atoms with Crippen molar-refractivity contribution in [3.63, 3.8) is 0 Å². The van der Waals surface area contributed by atoms with Crippen LogP contribution < -0.4 is 5.43 Å². The number of hydrogen-bond donors (Lipinski definition) is 1. The summed E-state index contributed by atoms with van der Waals surface area (Å²) in [5.74, 6) is -3.30. The van der Waals surface area contributed by atoms with Gasteiger partial charge in [0.1, 0.15) is 0 Å². The first-order valence-corrected chi connectivity index (χ1v) is 8.76. The molecule has 0 bridgehead atoms. The van der Waals surface area contributed by atoms with Gasteiger partial charge in [-0.25, -0.2) is 5.01 Å². The molecule has 1 aromatic carbocycles. The predicted octanol–water partition coefficient (Wildman–Crippen LogP) is 0.747. The van der Waals surface area contributed by atoms with E-state index in [-0.39, 0.29) is 29.7 Å². The Hall–Kier alpha value is -3.23. The molecule has 0 aliphatic carbocycles. The number of carbonyl (C=O) groups is 5. The second-order valence-corrected chi connectivity index (χ2v) is 7.75. The van der Waals surface area contributed by atoms with Crippen LogP contribution in [0.4, 0.5) is 0 Å². The number of hydrogen-bond acceptors (Lipinski definition) is 6. The second-order valence-electron chi connectivity index (χ2n) is 7.75. The van der Waals surface area contributed by atoms with Crippen LogP contribution in [0, 0.1) is 5.92 Å².